The van der Waals surface area contributed by atoms with Crippen molar-refractivity contribution in [2.24, 2.45) is 34.8 Å². The molecule has 0 radical (unpaired) electrons. The zero-order valence-electron chi connectivity index (χ0n) is 29.0. The maximum absolute atomic E-state index is 13.7. The van der Waals surface area contributed by atoms with E-state index in [4.69, 9.17) is 9.90 Å². The molecule has 0 saturated heterocycles. The summed E-state index contributed by atoms with van der Waals surface area (Å²) in [6.07, 6.45) is 17.2. The van der Waals surface area contributed by atoms with Gasteiger partial charge in [-0.1, -0.05) is 92.9 Å². The molecule has 2 rings (SSSR count). The number of rotatable bonds is 16. The third-order valence-electron chi connectivity index (χ3n) is 8.82. The maximum Gasteiger partial charge on any atom is 0.204 e. The first-order chi connectivity index (χ1) is 20.1. The van der Waals surface area contributed by atoms with Gasteiger partial charge in [0.2, 0.25) is 6.41 Å². The number of likely N-dealkylation sites (N-methyl/N-ethyl adjacent to an activating group) is 1. The Labute approximate surface area is 261 Å². The molecule has 8 heteroatoms. The van der Waals surface area contributed by atoms with Crippen molar-refractivity contribution in [3.05, 3.63) is 0 Å². The molecule has 0 aromatic rings. The van der Waals surface area contributed by atoms with Gasteiger partial charge in [-0.15, -0.1) is 7.92 Å². The number of nitrogens with one attached hydrogen (secondary N) is 1. The fourth-order valence-electron chi connectivity index (χ4n) is 5.87. The van der Waals surface area contributed by atoms with Crippen molar-refractivity contribution in [1.29, 1.82) is 0 Å². The first-order valence-corrected chi connectivity index (χ1v) is 18.8. The van der Waals surface area contributed by atoms with Gasteiger partial charge in [0.05, 0.1) is 11.5 Å². The van der Waals surface area contributed by atoms with Crippen molar-refractivity contribution < 1.29 is 24.3 Å². The minimum Gasteiger partial charge on any atom is -0.400 e. The number of nitrogens with two attached hydrogens (primary N) is 1. The molecule has 2 aliphatic rings. The summed E-state index contributed by atoms with van der Waals surface area (Å²) in [6, 6.07) is 0.107. The predicted octanol–water partition coefficient (Wildman–Crippen LogP) is 7.00. The lowest BCUT2D eigenvalue weighted by molar-refractivity contribution is -0.147. The van der Waals surface area contributed by atoms with E-state index in [-0.39, 0.29) is 38.0 Å². The number of aliphatic hydroxyl groups is 1. The van der Waals surface area contributed by atoms with Crippen LogP contribution in [0, 0.1) is 29.1 Å². The standard InChI is InChI=1S/C21H39O2P.C9H17NO.C2H6.CH3NO.CH4O/c1-7-10-11-19(15-24(6)9-3)20(23)21(17(5)22,16(4)8-2)14-18-12-13-18;1-10-9(7-11)8-5-3-2-4-6-8;1-2;2-1-3;1-2/h16,18-19H,7-15H2,1-6H3;7-10H,2-6H2,1H3;1-2H3;1H,(H2,2,3);2H,1H3. The third-order valence-corrected chi connectivity index (χ3v) is 11.0. The number of amides is 1. The van der Waals surface area contributed by atoms with Crippen LogP contribution in [0.4, 0.5) is 0 Å². The first kappa shape index (κ1) is 45.3. The Kier molecular flexibility index (Phi) is 30.8. The quantitative estimate of drug-likeness (QED) is 0.0973. The molecule has 2 aliphatic carbocycles. The molecule has 0 heterocycles. The zero-order chi connectivity index (χ0) is 33.1. The van der Waals surface area contributed by atoms with Crippen LogP contribution in [0.2, 0.25) is 0 Å². The summed E-state index contributed by atoms with van der Waals surface area (Å²) in [5, 5.41) is 10.1. The Morgan fingerprint density at radius 1 is 1.05 bits per heavy atom. The second kappa shape index (κ2) is 28.6. The van der Waals surface area contributed by atoms with Gasteiger partial charge in [-0.25, -0.2) is 0 Å². The van der Waals surface area contributed by atoms with Gasteiger partial charge < -0.3 is 21.0 Å². The van der Waals surface area contributed by atoms with E-state index in [9.17, 15) is 14.4 Å². The Hall–Kier alpha value is -1.17. The van der Waals surface area contributed by atoms with Gasteiger partial charge in [0.1, 0.15) is 17.9 Å². The molecule has 42 heavy (non-hydrogen) atoms. The highest BCUT2D eigenvalue weighted by Gasteiger charge is 2.51. The number of hydrogen-bond donors (Lipinski definition) is 3. The fraction of sp³-hybridized carbons (Fsp3) is 0.882. The van der Waals surface area contributed by atoms with Gasteiger partial charge in [0.15, 0.2) is 0 Å². The van der Waals surface area contributed by atoms with Gasteiger partial charge in [-0.2, -0.15) is 0 Å². The summed E-state index contributed by atoms with van der Waals surface area (Å²) in [6.45, 7) is 16.7. The van der Waals surface area contributed by atoms with Gasteiger partial charge in [0.25, 0.3) is 0 Å². The molecule has 0 aliphatic heterocycles. The van der Waals surface area contributed by atoms with Crippen molar-refractivity contribution >= 4 is 32.2 Å². The Bertz CT molecular complexity index is 683. The number of carbonyl (C=O) groups excluding carboxylic acids is 4. The van der Waals surface area contributed by atoms with Crippen molar-refractivity contribution in [2.45, 2.75) is 132 Å². The SMILES string of the molecule is CC.CCCCC(CP(C)CC)C(=O)C(CC1CC1)(C(C)=O)C(C)CC.CNC(C=O)C1CCCCC1.CO.NC=O. The van der Waals surface area contributed by atoms with Crippen LogP contribution in [0.5, 0.6) is 0 Å². The molecule has 5 atom stereocenters. The van der Waals surface area contributed by atoms with Gasteiger partial charge >= 0.3 is 0 Å². The number of aliphatic hydroxyl groups excluding tert-OH is 1. The van der Waals surface area contributed by atoms with Crippen LogP contribution < -0.4 is 11.1 Å². The smallest absolute Gasteiger partial charge is 0.204 e. The lowest BCUT2D eigenvalue weighted by Crippen LogP contribution is -2.47. The normalized spacial score (nSPS) is 18.5. The first-order valence-electron chi connectivity index (χ1n) is 16.6. The second-order valence-electron chi connectivity index (χ2n) is 11.5. The van der Waals surface area contributed by atoms with Crippen LogP contribution in [0.15, 0.2) is 0 Å². The van der Waals surface area contributed by atoms with E-state index in [1.54, 1.807) is 6.92 Å². The molecule has 250 valence electrons. The van der Waals surface area contributed by atoms with E-state index in [2.05, 4.69) is 45.4 Å². The molecule has 2 saturated carbocycles. The molecule has 0 aromatic carbocycles. The molecule has 0 aromatic heterocycles. The largest absolute Gasteiger partial charge is 0.400 e. The number of ketones is 2. The van der Waals surface area contributed by atoms with E-state index in [1.165, 1.54) is 51.1 Å². The van der Waals surface area contributed by atoms with Crippen LogP contribution in [-0.2, 0) is 19.2 Å². The molecule has 0 spiro atoms. The van der Waals surface area contributed by atoms with Crippen molar-refractivity contribution in [1.82, 2.24) is 5.32 Å². The van der Waals surface area contributed by atoms with E-state index in [1.807, 2.05) is 20.9 Å². The minimum atomic E-state index is -0.710. The van der Waals surface area contributed by atoms with Gasteiger partial charge in [0, 0.05) is 13.0 Å². The Balaban J connectivity index is -0.000000698. The van der Waals surface area contributed by atoms with Gasteiger partial charge in [-0.05, 0) is 76.4 Å². The summed E-state index contributed by atoms with van der Waals surface area (Å²) in [5.41, 5.74) is 3.46. The number of unbranched alkanes of at least 4 members (excludes halogenated alkanes) is 1. The highest BCUT2D eigenvalue weighted by atomic mass is 31.1. The van der Waals surface area contributed by atoms with Crippen molar-refractivity contribution in [3.63, 3.8) is 0 Å². The highest BCUT2D eigenvalue weighted by Crippen LogP contribution is 2.49. The molecule has 2 fully saturated rings. The Morgan fingerprint density at radius 2 is 1.57 bits per heavy atom. The molecule has 1 amide bonds. The van der Waals surface area contributed by atoms with E-state index >= 15 is 0 Å². The number of primary amides is 1. The van der Waals surface area contributed by atoms with Crippen LogP contribution >= 0.6 is 7.92 Å². The van der Waals surface area contributed by atoms with E-state index < -0.39 is 5.41 Å². The minimum absolute atomic E-state index is 0.0935. The number of carbonyl (C=O) groups is 4. The van der Waals surface area contributed by atoms with Crippen LogP contribution in [0.1, 0.15) is 126 Å². The molecular weight excluding hydrogens is 547 g/mol. The lowest BCUT2D eigenvalue weighted by Gasteiger charge is -2.39. The second-order valence-corrected chi connectivity index (χ2v) is 14.2. The van der Waals surface area contributed by atoms with Crippen molar-refractivity contribution in [2.75, 3.05) is 33.1 Å². The number of Topliss-reactive ketones (excluding diaryl/α,β-unsaturated/α-hetero) is 2. The summed E-state index contributed by atoms with van der Waals surface area (Å²) < 4.78 is 0. The summed E-state index contributed by atoms with van der Waals surface area (Å²) in [7, 11) is 2.78. The predicted molar refractivity (Wildman–Crippen MR) is 181 cm³/mol. The van der Waals surface area contributed by atoms with E-state index in [0.29, 0.717) is 17.6 Å². The van der Waals surface area contributed by atoms with Crippen LogP contribution in [0.25, 0.3) is 0 Å². The summed E-state index contributed by atoms with van der Waals surface area (Å²) >= 11 is 0. The average Bonchev–Trinajstić information content (AvgIpc) is 3.85. The highest BCUT2D eigenvalue weighted by molar-refractivity contribution is 7.56. The molecule has 4 N–H and O–H groups in total. The topological polar surface area (TPSA) is 127 Å². The molecule has 5 unspecified atom stereocenters. The lowest BCUT2D eigenvalue weighted by atomic mass is 9.63. The fourth-order valence-corrected chi connectivity index (χ4v) is 7.23. The number of aldehydes is 1. The monoisotopic (exact) mass is 616 g/mol. The van der Waals surface area contributed by atoms with Gasteiger partial charge in [-0.3, -0.25) is 14.4 Å². The van der Waals surface area contributed by atoms with E-state index in [0.717, 1.165) is 51.7 Å². The Morgan fingerprint density at radius 3 is 1.93 bits per heavy atom. The summed E-state index contributed by atoms with van der Waals surface area (Å²) in [4.78, 5) is 45.7. The van der Waals surface area contributed by atoms with Crippen molar-refractivity contribution in [3.8, 4) is 0 Å². The maximum atomic E-state index is 13.7. The molecule has 7 nitrogen and oxygen atoms in total. The van der Waals surface area contributed by atoms with Crippen LogP contribution in [0.3, 0.4) is 0 Å². The third kappa shape index (κ3) is 17.2. The number of hydrogen-bond acceptors (Lipinski definition) is 6. The molecule has 0 bridgehead atoms. The zero-order valence-corrected chi connectivity index (χ0v) is 29.9. The van der Waals surface area contributed by atoms with Crippen LogP contribution in [-0.4, -0.2) is 68.6 Å². The average molecular weight is 617 g/mol. The molecular formula is C34H69N2O5P. The summed E-state index contributed by atoms with van der Waals surface area (Å²) in [5.74, 6) is 1.90.